The van der Waals surface area contributed by atoms with Crippen molar-refractivity contribution in [3.63, 3.8) is 0 Å². The van der Waals surface area contributed by atoms with Gasteiger partial charge < -0.3 is 4.74 Å². The molecule has 0 bridgehead atoms. The van der Waals surface area contributed by atoms with Crippen LogP contribution in [-0.2, 0) is 19.6 Å². The Hall–Kier alpha value is -3.42. The molecule has 0 radical (unpaired) electrons. The highest BCUT2D eigenvalue weighted by Gasteiger charge is 2.16. The van der Waals surface area contributed by atoms with Crippen LogP contribution < -0.4 is 21.8 Å². The van der Waals surface area contributed by atoms with E-state index in [0.717, 1.165) is 13.7 Å². The van der Waals surface area contributed by atoms with Crippen molar-refractivity contribution in [2.75, 3.05) is 7.11 Å². The number of carbonyl (C=O) groups excluding carboxylic acids is 1. The second-order valence-corrected chi connectivity index (χ2v) is 5.82. The van der Waals surface area contributed by atoms with Gasteiger partial charge in [-0.15, -0.1) is 13.2 Å². The van der Waals surface area contributed by atoms with E-state index in [-0.39, 0.29) is 25.4 Å². The van der Waals surface area contributed by atoms with E-state index in [1.54, 1.807) is 18.2 Å². The molecule has 0 saturated heterocycles. The second-order valence-electron chi connectivity index (χ2n) is 5.82. The second kappa shape index (κ2) is 8.31. The fourth-order valence-electron chi connectivity index (χ4n) is 2.68. The molecule has 0 spiro atoms. The summed E-state index contributed by atoms with van der Waals surface area (Å²) in [5, 5.41) is 0. The van der Waals surface area contributed by atoms with Gasteiger partial charge in [0.25, 0.3) is 0 Å². The number of hydrogen-bond acceptors (Lipinski definition) is 5. The lowest BCUT2D eigenvalue weighted by molar-refractivity contribution is 0.101. The molecule has 142 valence electrons. The third-order valence-corrected chi connectivity index (χ3v) is 4.02. The van der Waals surface area contributed by atoms with Crippen LogP contribution in [-0.4, -0.2) is 26.6 Å². The highest BCUT2D eigenvalue weighted by atomic mass is 16.5. The van der Waals surface area contributed by atoms with Crippen LogP contribution in [0.2, 0.25) is 0 Å². The number of allylic oxidation sites excluding steroid dienone is 2. The van der Waals surface area contributed by atoms with Crippen molar-refractivity contribution in [3.8, 4) is 5.75 Å². The predicted octanol–water partition coefficient (Wildman–Crippen LogP) is 0.803. The first-order valence-electron chi connectivity index (χ1n) is 8.19. The normalized spacial score (nSPS) is 10.4. The van der Waals surface area contributed by atoms with Crippen LogP contribution in [0.1, 0.15) is 22.8 Å². The summed E-state index contributed by atoms with van der Waals surface area (Å²) in [7, 11) is 1.45. The number of nitrogens with zero attached hydrogens (tertiary/aromatic N) is 3. The Balaban J connectivity index is 2.74. The summed E-state index contributed by atoms with van der Waals surface area (Å²) in [5.41, 5.74) is -1.37. The first-order chi connectivity index (χ1) is 12.8. The molecule has 0 saturated carbocycles. The average molecular weight is 371 g/mol. The molecule has 0 aliphatic carbocycles. The number of ketones is 1. The molecule has 2 aromatic rings. The highest BCUT2D eigenvalue weighted by molar-refractivity contribution is 5.94. The van der Waals surface area contributed by atoms with Gasteiger partial charge in [0.1, 0.15) is 5.75 Å². The molecule has 0 aliphatic rings. The fraction of sp³-hybridized carbons (Fsp3) is 0.263. The Bertz CT molecular complexity index is 1020. The Morgan fingerprint density at radius 3 is 1.96 bits per heavy atom. The van der Waals surface area contributed by atoms with Crippen LogP contribution in [0.15, 0.2) is 57.9 Å². The van der Waals surface area contributed by atoms with Crippen LogP contribution in [0.25, 0.3) is 0 Å². The van der Waals surface area contributed by atoms with Gasteiger partial charge in [0.2, 0.25) is 0 Å². The molecule has 0 unspecified atom stereocenters. The van der Waals surface area contributed by atoms with Crippen LogP contribution in [0.4, 0.5) is 0 Å². The van der Waals surface area contributed by atoms with Gasteiger partial charge in [0.15, 0.2) is 5.78 Å². The van der Waals surface area contributed by atoms with E-state index >= 15 is 0 Å². The van der Waals surface area contributed by atoms with Crippen LogP contribution >= 0.6 is 0 Å². The molecular weight excluding hydrogens is 350 g/mol. The number of benzene rings is 1. The first-order valence-corrected chi connectivity index (χ1v) is 8.19. The standard InChI is InChI=1S/C19H21N3O5/c1-5-9-20-17(24)21(10-6-2)19(26)22(18(20)25)12-15-11-14(13(3)23)7-8-16(15)27-4/h5-8,11H,1-2,9-10,12H2,3-4H3. The van der Waals surface area contributed by atoms with Crippen LogP contribution in [0.5, 0.6) is 5.75 Å². The molecule has 1 aromatic carbocycles. The van der Waals surface area contributed by atoms with Gasteiger partial charge in [-0.05, 0) is 25.1 Å². The van der Waals surface area contributed by atoms with Gasteiger partial charge in [0.05, 0.1) is 26.7 Å². The quantitative estimate of drug-likeness (QED) is 0.506. The lowest BCUT2D eigenvalue weighted by Crippen LogP contribution is -2.54. The molecule has 0 atom stereocenters. The number of carbonyl (C=O) groups is 1. The van der Waals surface area contributed by atoms with Gasteiger partial charge in [-0.25, -0.2) is 28.1 Å². The molecule has 0 fully saturated rings. The Morgan fingerprint density at radius 2 is 1.52 bits per heavy atom. The number of Topliss-reactive ketones (excluding diaryl/α,β-unsaturated/α-hetero) is 1. The van der Waals surface area contributed by atoms with Gasteiger partial charge in [-0.1, -0.05) is 12.2 Å². The van der Waals surface area contributed by atoms with E-state index in [9.17, 15) is 19.2 Å². The SMILES string of the molecule is C=CCn1c(=O)n(CC=C)c(=O)n(Cc2cc(C(C)=O)ccc2OC)c1=O. The van der Waals surface area contributed by atoms with E-state index in [2.05, 4.69) is 13.2 Å². The van der Waals surface area contributed by atoms with Gasteiger partial charge in [-0.2, -0.15) is 0 Å². The minimum Gasteiger partial charge on any atom is -0.496 e. The van der Waals surface area contributed by atoms with E-state index in [0.29, 0.717) is 16.9 Å². The topological polar surface area (TPSA) is 92.3 Å². The van der Waals surface area contributed by atoms with Crippen molar-refractivity contribution in [2.24, 2.45) is 0 Å². The smallest absolute Gasteiger partial charge is 0.336 e. The third-order valence-electron chi connectivity index (χ3n) is 4.02. The number of rotatable bonds is 8. The minimum absolute atomic E-state index is 0.0420. The van der Waals surface area contributed by atoms with Crippen molar-refractivity contribution < 1.29 is 9.53 Å². The monoisotopic (exact) mass is 371 g/mol. The summed E-state index contributed by atoms with van der Waals surface area (Å²) in [6, 6.07) is 4.76. The van der Waals surface area contributed by atoms with Gasteiger partial charge in [-0.3, -0.25) is 4.79 Å². The zero-order chi connectivity index (χ0) is 20.1. The number of methoxy groups -OCH3 is 1. The first kappa shape index (κ1) is 19.9. The van der Waals surface area contributed by atoms with Crippen LogP contribution in [0, 0.1) is 0 Å². The van der Waals surface area contributed by atoms with E-state index in [1.807, 2.05) is 0 Å². The number of ether oxygens (including phenoxy) is 1. The predicted molar refractivity (Wildman–Crippen MR) is 102 cm³/mol. The zero-order valence-corrected chi connectivity index (χ0v) is 15.3. The summed E-state index contributed by atoms with van der Waals surface area (Å²) < 4.78 is 8.03. The van der Waals surface area contributed by atoms with Crippen molar-refractivity contribution >= 4 is 5.78 Å². The van der Waals surface area contributed by atoms with E-state index in [4.69, 9.17) is 4.74 Å². The lowest BCUT2D eigenvalue weighted by atomic mass is 10.1. The Kier molecular flexibility index (Phi) is 6.12. The Labute approximate surface area is 155 Å². The molecule has 0 aliphatic heterocycles. The molecule has 0 N–H and O–H groups in total. The highest BCUT2D eigenvalue weighted by Crippen LogP contribution is 2.20. The molecule has 1 aromatic heterocycles. The number of aromatic nitrogens is 3. The van der Waals surface area contributed by atoms with Gasteiger partial charge in [0, 0.05) is 11.1 Å². The molecule has 8 nitrogen and oxygen atoms in total. The third kappa shape index (κ3) is 3.89. The molecule has 8 heteroatoms. The molecule has 2 rings (SSSR count). The molecule has 27 heavy (non-hydrogen) atoms. The maximum absolute atomic E-state index is 12.7. The summed E-state index contributed by atoms with van der Waals surface area (Å²) in [5.74, 6) is 0.259. The van der Waals surface area contributed by atoms with Crippen LogP contribution in [0.3, 0.4) is 0 Å². The molecule has 1 heterocycles. The maximum atomic E-state index is 12.7. The minimum atomic E-state index is -0.763. The summed E-state index contributed by atoms with van der Waals surface area (Å²) in [6.07, 6.45) is 2.79. The largest absolute Gasteiger partial charge is 0.496 e. The van der Waals surface area contributed by atoms with Gasteiger partial charge >= 0.3 is 17.1 Å². The lowest BCUT2D eigenvalue weighted by Gasteiger charge is -2.14. The average Bonchev–Trinajstić information content (AvgIpc) is 2.65. The fourth-order valence-corrected chi connectivity index (χ4v) is 2.68. The number of hydrogen-bond donors (Lipinski definition) is 0. The van der Waals surface area contributed by atoms with Crippen molar-refractivity contribution in [3.05, 3.63) is 86.1 Å². The van der Waals surface area contributed by atoms with Crippen molar-refractivity contribution in [2.45, 2.75) is 26.6 Å². The van der Waals surface area contributed by atoms with E-state index in [1.165, 1.54) is 26.2 Å². The maximum Gasteiger partial charge on any atom is 0.336 e. The van der Waals surface area contributed by atoms with Crippen molar-refractivity contribution in [1.29, 1.82) is 0 Å². The molecular formula is C19H21N3O5. The summed E-state index contributed by atoms with van der Waals surface area (Å²) >= 11 is 0. The van der Waals surface area contributed by atoms with E-state index < -0.39 is 17.1 Å². The summed E-state index contributed by atoms with van der Waals surface area (Å²) in [4.78, 5) is 49.5. The molecule has 0 amide bonds. The zero-order valence-electron chi connectivity index (χ0n) is 15.3. The summed E-state index contributed by atoms with van der Waals surface area (Å²) in [6.45, 7) is 8.25. The van der Waals surface area contributed by atoms with Crippen molar-refractivity contribution in [1.82, 2.24) is 13.7 Å². The Morgan fingerprint density at radius 1 is 1.00 bits per heavy atom.